The number of benzene rings is 1. The van der Waals surface area contributed by atoms with Crippen molar-refractivity contribution < 1.29 is 14.3 Å². The Morgan fingerprint density at radius 3 is 2.77 bits per heavy atom. The van der Waals surface area contributed by atoms with Gasteiger partial charge in [0, 0.05) is 35.0 Å². The van der Waals surface area contributed by atoms with Crippen LogP contribution in [0.2, 0.25) is 5.02 Å². The molecule has 2 fully saturated rings. The van der Waals surface area contributed by atoms with Crippen LogP contribution in [0.1, 0.15) is 60.3 Å². The number of rotatable bonds is 1. The Hall–Kier alpha value is -1.63. The zero-order valence-electron chi connectivity index (χ0n) is 17.6. The quantitative estimate of drug-likeness (QED) is 0.598. The summed E-state index contributed by atoms with van der Waals surface area (Å²) >= 11 is 7.79. The van der Waals surface area contributed by atoms with E-state index in [1.807, 2.05) is 35.4 Å². The molecule has 5 rings (SSSR count). The van der Waals surface area contributed by atoms with Gasteiger partial charge in [-0.25, -0.2) is 4.98 Å². The number of halogens is 1. The first-order valence-corrected chi connectivity index (χ1v) is 11.8. The number of nitrogens with zero attached hydrogens (tertiary/aromatic N) is 2. The fourth-order valence-electron chi connectivity index (χ4n) is 5.28. The highest BCUT2D eigenvalue weighted by Gasteiger charge is 2.53. The van der Waals surface area contributed by atoms with Crippen LogP contribution in [0.25, 0.3) is 0 Å². The van der Waals surface area contributed by atoms with Crippen molar-refractivity contribution in [3.8, 4) is 5.75 Å². The van der Waals surface area contributed by atoms with Crippen molar-refractivity contribution in [2.24, 2.45) is 11.3 Å². The molecule has 1 spiro atoms. The molecular formula is C23H27ClN2O3S. The smallest absolute Gasteiger partial charge is 0.273 e. The number of likely N-dealkylation sites (tertiary alicyclic amines) is 1. The van der Waals surface area contributed by atoms with E-state index in [2.05, 4.69) is 18.8 Å². The predicted octanol–water partition coefficient (Wildman–Crippen LogP) is 5.28. The number of hydrogen-bond donors (Lipinski definition) is 0. The van der Waals surface area contributed by atoms with Gasteiger partial charge in [0.1, 0.15) is 17.0 Å². The van der Waals surface area contributed by atoms with Crippen LogP contribution >= 0.6 is 22.9 Å². The molecule has 3 aliphatic heterocycles. The van der Waals surface area contributed by atoms with Gasteiger partial charge < -0.3 is 14.4 Å². The number of piperidine rings is 1. The number of carbonyl (C=O) groups excluding carboxylic acids is 1. The third-order valence-corrected chi connectivity index (χ3v) is 8.09. The molecule has 0 unspecified atom stereocenters. The number of aromatic nitrogens is 1. The standard InChI is InChI=1S/C23H27ClN2O3S/c1-14-25-18(12-30-14)21(27)26-8-6-23(7-9-26)11-17-20(28-13-23)16-10-15(24)4-5-19(16)29-22(17,2)3/h4-5,10,12,17,20H,6-9,11,13H2,1-3H3/t17-,20+/m0/s1. The van der Waals surface area contributed by atoms with Crippen LogP contribution < -0.4 is 4.74 Å². The number of thiazole rings is 1. The molecule has 0 aliphatic carbocycles. The lowest BCUT2D eigenvalue weighted by Gasteiger charge is -2.54. The second-order valence-corrected chi connectivity index (χ2v) is 11.0. The van der Waals surface area contributed by atoms with E-state index in [-0.39, 0.29) is 28.9 Å². The predicted molar refractivity (Wildman–Crippen MR) is 117 cm³/mol. The number of ether oxygens (including phenoxy) is 2. The Labute approximate surface area is 186 Å². The van der Waals surface area contributed by atoms with Gasteiger partial charge in [-0.05, 0) is 63.6 Å². The van der Waals surface area contributed by atoms with Crippen LogP contribution in [0.4, 0.5) is 0 Å². The fraction of sp³-hybridized carbons (Fsp3) is 0.565. The summed E-state index contributed by atoms with van der Waals surface area (Å²) in [4.78, 5) is 19.1. The number of amides is 1. The van der Waals surface area contributed by atoms with Crippen LogP contribution in [0.5, 0.6) is 5.75 Å². The second kappa shape index (κ2) is 7.21. The normalized spacial score (nSPS) is 26.6. The first-order chi connectivity index (χ1) is 14.3. The van der Waals surface area contributed by atoms with Crippen molar-refractivity contribution in [3.63, 3.8) is 0 Å². The highest BCUT2D eigenvalue weighted by Crippen LogP contribution is 2.55. The Bertz CT molecular complexity index is 981. The first-order valence-electron chi connectivity index (χ1n) is 10.6. The first kappa shape index (κ1) is 20.3. The summed E-state index contributed by atoms with van der Waals surface area (Å²) in [5, 5.41) is 3.50. The van der Waals surface area contributed by atoms with Crippen LogP contribution in [0, 0.1) is 18.3 Å². The minimum absolute atomic E-state index is 0.00529. The van der Waals surface area contributed by atoms with Crippen molar-refractivity contribution in [1.82, 2.24) is 9.88 Å². The Morgan fingerprint density at radius 1 is 1.30 bits per heavy atom. The summed E-state index contributed by atoms with van der Waals surface area (Å²) in [5.41, 5.74) is 1.41. The molecule has 0 saturated carbocycles. The van der Waals surface area contributed by atoms with E-state index in [1.165, 1.54) is 11.3 Å². The summed E-state index contributed by atoms with van der Waals surface area (Å²) in [6.45, 7) is 8.47. The lowest BCUT2D eigenvalue weighted by molar-refractivity contribution is -0.173. The van der Waals surface area contributed by atoms with Gasteiger partial charge in [-0.15, -0.1) is 11.3 Å². The molecule has 2 saturated heterocycles. The maximum absolute atomic E-state index is 12.8. The highest BCUT2D eigenvalue weighted by molar-refractivity contribution is 7.09. The van der Waals surface area contributed by atoms with Gasteiger partial charge in [0.25, 0.3) is 5.91 Å². The highest BCUT2D eigenvalue weighted by atomic mass is 35.5. The van der Waals surface area contributed by atoms with Gasteiger partial charge >= 0.3 is 0 Å². The van der Waals surface area contributed by atoms with Crippen LogP contribution in [0.3, 0.4) is 0 Å². The van der Waals surface area contributed by atoms with E-state index in [9.17, 15) is 4.79 Å². The third-order valence-electron chi connectivity index (χ3n) is 7.08. The molecule has 7 heteroatoms. The van der Waals surface area contributed by atoms with Crippen molar-refractivity contribution in [1.29, 1.82) is 0 Å². The minimum Gasteiger partial charge on any atom is -0.487 e. The van der Waals surface area contributed by atoms with E-state index in [1.54, 1.807) is 0 Å². The van der Waals surface area contributed by atoms with E-state index >= 15 is 0 Å². The zero-order valence-corrected chi connectivity index (χ0v) is 19.2. The lowest BCUT2D eigenvalue weighted by atomic mass is 9.64. The van der Waals surface area contributed by atoms with E-state index in [4.69, 9.17) is 21.1 Å². The Morgan fingerprint density at radius 2 is 2.07 bits per heavy atom. The molecule has 3 aliphatic rings. The van der Waals surface area contributed by atoms with Gasteiger partial charge in [-0.3, -0.25) is 4.79 Å². The Balaban J connectivity index is 1.32. The monoisotopic (exact) mass is 446 g/mol. The van der Waals surface area contributed by atoms with E-state index in [0.29, 0.717) is 17.3 Å². The van der Waals surface area contributed by atoms with Crippen molar-refractivity contribution >= 4 is 28.8 Å². The van der Waals surface area contributed by atoms with Gasteiger partial charge in [0.05, 0.1) is 17.7 Å². The van der Waals surface area contributed by atoms with Crippen LogP contribution in [-0.4, -0.2) is 41.1 Å². The summed E-state index contributed by atoms with van der Waals surface area (Å²) in [6, 6.07) is 5.81. The molecule has 0 bridgehead atoms. The third kappa shape index (κ3) is 3.43. The Kier molecular flexibility index (Phi) is 4.88. The number of aryl methyl sites for hydroxylation is 1. The molecular weight excluding hydrogens is 420 g/mol. The molecule has 1 aromatic heterocycles. The maximum atomic E-state index is 12.8. The molecule has 1 amide bonds. The molecule has 5 nitrogen and oxygen atoms in total. The van der Waals surface area contributed by atoms with Crippen LogP contribution in [0.15, 0.2) is 23.6 Å². The minimum atomic E-state index is -0.315. The number of carbonyl (C=O) groups is 1. The number of fused-ring (bicyclic) bond motifs is 3. The van der Waals surface area contributed by atoms with Crippen molar-refractivity contribution in [2.45, 2.75) is 51.7 Å². The lowest BCUT2D eigenvalue weighted by Crippen LogP contribution is -2.54. The fourth-order valence-corrected chi connectivity index (χ4v) is 6.05. The summed E-state index contributed by atoms with van der Waals surface area (Å²) in [5.74, 6) is 1.18. The molecule has 0 radical (unpaired) electrons. The molecule has 0 N–H and O–H groups in total. The second-order valence-electron chi connectivity index (χ2n) is 9.47. The van der Waals surface area contributed by atoms with Gasteiger partial charge in [0.2, 0.25) is 0 Å². The zero-order chi connectivity index (χ0) is 21.1. The van der Waals surface area contributed by atoms with E-state index in [0.717, 1.165) is 48.7 Å². The van der Waals surface area contributed by atoms with E-state index < -0.39 is 0 Å². The largest absolute Gasteiger partial charge is 0.487 e. The van der Waals surface area contributed by atoms with Crippen molar-refractivity contribution in [2.75, 3.05) is 19.7 Å². The van der Waals surface area contributed by atoms with Gasteiger partial charge in [-0.1, -0.05) is 11.6 Å². The summed E-state index contributed by atoms with van der Waals surface area (Å²) < 4.78 is 12.9. The molecule has 160 valence electrons. The molecule has 2 aromatic rings. The molecule has 30 heavy (non-hydrogen) atoms. The maximum Gasteiger partial charge on any atom is 0.273 e. The topological polar surface area (TPSA) is 51.7 Å². The molecule has 4 heterocycles. The van der Waals surface area contributed by atoms with Gasteiger partial charge in [-0.2, -0.15) is 0 Å². The van der Waals surface area contributed by atoms with Crippen molar-refractivity contribution in [3.05, 3.63) is 44.9 Å². The average molecular weight is 447 g/mol. The number of hydrogen-bond acceptors (Lipinski definition) is 5. The van der Waals surface area contributed by atoms with Gasteiger partial charge in [0.15, 0.2) is 0 Å². The SMILES string of the molecule is Cc1nc(C(=O)N2CCC3(CC2)CO[C@@H]2c4cc(Cl)ccc4OC(C)(C)[C@H]2C3)cs1. The average Bonchev–Trinajstić information content (AvgIpc) is 3.15. The summed E-state index contributed by atoms with van der Waals surface area (Å²) in [6.07, 6.45) is 2.94. The molecule has 2 atom stereocenters. The summed E-state index contributed by atoms with van der Waals surface area (Å²) in [7, 11) is 0. The molecule has 1 aromatic carbocycles. The van der Waals surface area contributed by atoms with Crippen LogP contribution in [-0.2, 0) is 4.74 Å².